The average molecular weight is 412 g/mol. The second-order valence-electron chi connectivity index (χ2n) is 8.45. The Labute approximate surface area is 176 Å². The fourth-order valence-electron chi connectivity index (χ4n) is 4.37. The Morgan fingerprint density at radius 3 is 2.53 bits per heavy atom. The van der Waals surface area contributed by atoms with E-state index in [-0.39, 0.29) is 23.7 Å². The number of rotatable bonds is 5. The van der Waals surface area contributed by atoms with E-state index in [2.05, 4.69) is 15.0 Å². The van der Waals surface area contributed by atoms with Crippen LogP contribution in [0.15, 0.2) is 28.8 Å². The number of amides is 2. The number of nitrogens with zero attached hydrogens (tertiary/aromatic N) is 4. The number of primary amides is 1. The monoisotopic (exact) mass is 411 g/mol. The van der Waals surface area contributed by atoms with Crippen LogP contribution in [0.25, 0.3) is 11.4 Å². The SMILES string of the molecule is Cc1ccc(-c2noc(CN3CCCC(C(=O)N4CCC(C(N)=O)CC4)C3)n2)cc1. The van der Waals surface area contributed by atoms with E-state index in [4.69, 9.17) is 10.3 Å². The molecule has 1 atom stereocenters. The van der Waals surface area contributed by atoms with E-state index in [9.17, 15) is 9.59 Å². The van der Waals surface area contributed by atoms with Crippen LogP contribution in [0.2, 0.25) is 0 Å². The normalized spacial score (nSPS) is 21.0. The van der Waals surface area contributed by atoms with E-state index in [1.54, 1.807) is 0 Å². The highest BCUT2D eigenvalue weighted by Crippen LogP contribution is 2.24. The van der Waals surface area contributed by atoms with E-state index >= 15 is 0 Å². The van der Waals surface area contributed by atoms with E-state index in [1.807, 2.05) is 36.1 Å². The van der Waals surface area contributed by atoms with Gasteiger partial charge in [0.1, 0.15) is 0 Å². The summed E-state index contributed by atoms with van der Waals surface area (Å²) < 4.78 is 5.46. The summed E-state index contributed by atoms with van der Waals surface area (Å²) in [4.78, 5) is 33.0. The highest BCUT2D eigenvalue weighted by Gasteiger charge is 2.33. The Hall–Kier alpha value is -2.74. The van der Waals surface area contributed by atoms with Crippen LogP contribution in [0.4, 0.5) is 0 Å². The molecule has 1 aromatic heterocycles. The lowest BCUT2D eigenvalue weighted by Crippen LogP contribution is -2.48. The lowest BCUT2D eigenvalue weighted by atomic mass is 9.92. The van der Waals surface area contributed by atoms with E-state index in [0.29, 0.717) is 50.7 Å². The van der Waals surface area contributed by atoms with Gasteiger partial charge in [0, 0.05) is 31.1 Å². The van der Waals surface area contributed by atoms with Gasteiger partial charge in [-0.25, -0.2) is 0 Å². The summed E-state index contributed by atoms with van der Waals surface area (Å²) in [6, 6.07) is 8.03. The minimum atomic E-state index is -0.254. The summed E-state index contributed by atoms with van der Waals surface area (Å²) in [6.45, 7) is 5.43. The molecule has 0 spiro atoms. The first-order chi connectivity index (χ1) is 14.5. The van der Waals surface area contributed by atoms with Crippen molar-refractivity contribution in [3.63, 3.8) is 0 Å². The third-order valence-electron chi connectivity index (χ3n) is 6.20. The van der Waals surface area contributed by atoms with Crippen molar-refractivity contribution >= 4 is 11.8 Å². The third kappa shape index (κ3) is 4.70. The number of benzene rings is 1. The molecule has 2 amide bonds. The Kier molecular flexibility index (Phi) is 6.13. The van der Waals surface area contributed by atoms with Crippen LogP contribution in [0, 0.1) is 18.8 Å². The van der Waals surface area contributed by atoms with E-state index in [0.717, 1.165) is 24.9 Å². The van der Waals surface area contributed by atoms with E-state index in [1.165, 1.54) is 5.56 Å². The van der Waals surface area contributed by atoms with Crippen molar-refractivity contribution in [2.45, 2.75) is 39.2 Å². The van der Waals surface area contributed by atoms with Gasteiger partial charge in [0.15, 0.2) is 0 Å². The number of carbonyl (C=O) groups excluding carboxylic acids is 2. The van der Waals surface area contributed by atoms with Crippen LogP contribution < -0.4 is 5.73 Å². The Morgan fingerprint density at radius 1 is 1.10 bits per heavy atom. The quantitative estimate of drug-likeness (QED) is 0.806. The molecule has 0 radical (unpaired) electrons. The van der Waals surface area contributed by atoms with Crippen molar-refractivity contribution in [3.8, 4) is 11.4 Å². The molecule has 0 bridgehead atoms. The van der Waals surface area contributed by atoms with Crippen LogP contribution in [-0.2, 0) is 16.1 Å². The van der Waals surface area contributed by atoms with Crippen molar-refractivity contribution < 1.29 is 14.1 Å². The zero-order valence-electron chi connectivity index (χ0n) is 17.4. The average Bonchev–Trinajstić information content (AvgIpc) is 3.22. The Bertz CT molecular complexity index is 886. The highest BCUT2D eigenvalue weighted by molar-refractivity contribution is 5.80. The zero-order valence-corrected chi connectivity index (χ0v) is 17.4. The maximum atomic E-state index is 13.0. The summed E-state index contributed by atoms with van der Waals surface area (Å²) in [6.07, 6.45) is 3.19. The molecule has 2 aliphatic heterocycles. The van der Waals surface area contributed by atoms with Crippen LogP contribution in [0.3, 0.4) is 0 Å². The molecule has 0 aliphatic carbocycles. The van der Waals surface area contributed by atoms with Gasteiger partial charge >= 0.3 is 0 Å². The fraction of sp³-hybridized carbons (Fsp3) is 0.545. The fourth-order valence-corrected chi connectivity index (χ4v) is 4.37. The van der Waals surface area contributed by atoms with Gasteiger partial charge in [-0.3, -0.25) is 14.5 Å². The molecule has 1 unspecified atom stereocenters. The smallest absolute Gasteiger partial charge is 0.241 e. The second-order valence-corrected chi connectivity index (χ2v) is 8.45. The molecule has 2 N–H and O–H groups in total. The molecular weight excluding hydrogens is 382 g/mol. The number of aromatic nitrogens is 2. The predicted octanol–water partition coefficient (Wildman–Crippen LogP) is 1.98. The molecule has 2 aliphatic rings. The first-order valence-electron chi connectivity index (χ1n) is 10.7. The first kappa shape index (κ1) is 20.5. The number of carbonyl (C=O) groups is 2. The summed E-state index contributed by atoms with van der Waals surface area (Å²) in [5.41, 5.74) is 7.52. The van der Waals surface area contributed by atoms with Crippen LogP contribution >= 0.6 is 0 Å². The number of piperidine rings is 2. The summed E-state index contributed by atoms with van der Waals surface area (Å²) in [5, 5.41) is 4.10. The lowest BCUT2D eigenvalue weighted by Gasteiger charge is -2.37. The number of likely N-dealkylation sites (tertiary alicyclic amines) is 2. The largest absolute Gasteiger partial charge is 0.369 e. The Morgan fingerprint density at radius 2 is 1.83 bits per heavy atom. The van der Waals surface area contributed by atoms with Gasteiger partial charge in [-0.2, -0.15) is 4.98 Å². The van der Waals surface area contributed by atoms with Crippen LogP contribution in [-0.4, -0.2) is 57.9 Å². The van der Waals surface area contributed by atoms with Gasteiger partial charge in [-0.05, 0) is 39.2 Å². The van der Waals surface area contributed by atoms with Crippen molar-refractivity contribution in [2.75, 3.05) is 26.2 Å². The lowest BCUT2D eigenvalue weighted by molar-refractivity contribution is -0.140. The van der Waals surface area contributed by atoms with Gasteiger partial charge in [0.2, 0.25) is 23.5 Å². The molecule has 2 saturated heterocycles. The molecule has 8 heteroatoms. The van der Waals surface area contributed by atoms with Crippen molar-refractivity contribution in [3.05, 3.63) is 35.7 Å². The molecule has 2 aromatic rings. The minimum Gasteiger partial charge on any atom is -0.369 e. The molecule has 4 rings (SSSR count). The standard InChI is InChI=1S/C22H29N5O3/c1-15-4-6-17(7-5-15)21-24-19(30-25-21)14-26-10-2-3-18(13-26)22(29)27-11-8-16(9-12-27)20(23)28/h4-7,16,18H,2-3,8-14H2,1H3,(H2,23,28). The van der Waals surface area contributed by atoms with E-state index < -0.39 is 0 Å². The van der Waals surface area contributed by atoms with Crippen molar-refractivity contribution in [2.24, 2.45) is 17.6 Å². The van der Waals surface area contributed by atoms with Crippen molar-refractivity contribution in [1.29, 1.82) is 0 Å². The Balaban J connectivity index is 1.33. The second kappa shape index (κ2) is 8.95. The van der Waals surface area contributed by atoms with Gasteiger partial charge in [-0.15, -0.1) is 0 Å². The molecule has 3 heterocycles. The molecule has 1 aromatic carbocycles. The van der Waals surface area contributed by atoms with Crippen LogP contribution in [0.1, 0.15) is 37.1 Å². The third-order valence-corrected chi connectivity index (χ3v) is 6.20. The molecular formula is C22H29N5O3. The van der Waals surface area contributed by atoms with Gasteiger partial charge < -0.3 is 15.2 Å². The predicted molar refractivity (Wildman–Crippen MR) is 111 cm³/mol. The summed E-state index contributed by atoms with van der Waals surface area (Å²) >= 11 is 0. The maximum Gasteiger partial charge on any atom is 0.241 e. The molecule has 160 valence electrons. The van der Waals surface area contributed by atoms with Gasteiger partial charge in [0.25, 0.3) is 0 Å². The zero-order chi connectivity index (χ0) is 21.1. The molecule has 8 nitrogen and oxygen atoms in total. The maximum absolute atomic E-state index is 13.0. The molecule has 0 saturated carbocycles. The van der Waals surface area contributed by atoms with Crippen LogP contribution in [0.5, 0.6) is 0 Å². The summed E-state index contributed by atoms with van der Waals surface area (Å²) in [7, 11) is 0. The number of aryl methyl sites for hydroxylation is 1. The molecule has 2 fully saturated rings. The first-order valence-corrected chi connectivity index (χ1v) is 10.7. The summed E-state index contributed by atoms with van der Waals surface area (Å²) in [5.74, 6) is 0.970. The van der Waals surface area contributed by atoms with Crippen molar-refractivity contribution in [1.82, 2.24) is 19.9 Å². The number of hydrogen-bond donors (Lipinski definition) is 1. The minimum absolute atomic E-state index is 0.0247. The van der Waals surface area contributed by atoms with Gasteiger partial charge in [-0.1, -0.05) is 35.0 Å². The molecule has 30 heavy (non-hydrogen) atoms. The number of hydrogen-bond acceptors (Lipinski definition) is 6. The highest BCUT2D eigenvalue weighted by atomic mass is 16.5. The topological polar surface area (TPSA) is 106 Å². The van der Waals surface area contributed by atoms with Gasteiger partial charge in [0.05, 0.1) is 12.5 Å². The number of nitrogens with two attached hydrogens (primary N) is 1.